The number of hydrogen-bond acceptors (Lipinski definition) is 2. The van der Waals surface area contributed by atoms with Crippen LogP contribution in [-0.2, 0) is 15.0 Å². The quantitative estimate of drug-likeness (QED) is 0.905. The molecule has 1 aromatic carbocycles. The topological polar surface area (TPSA) is 57.6 Å². The Kier molecular flexibility index (Phi) is 3.35. The van der Waals surface area contributed by atoms with Crippen LogP contribution in [0, 0.1) is 0 Å². The Hall–Kier alpha value is -1.84. The number of carbonyl (C=O) groups excluding carboxylic acids is 1. The lowest BCUT2D eigenvalue weighted by Gasteiger charge is -2.27. The summed E-state index contributed by atoms with van der Waals surface area (Å²) >= 11 is 0. The van der Waals surface area contributed by atoms with E-state index in [2.05, 4.69) is 0 Å². The molecule has 1 aromatic rings. The van der Waals surface area contributed by atoms with E-state index in [9.17, 15) is 14.7 Å². The lowest BCUT2D eigenvalue weighted by atomic mass is 9.75. The number of amides is 1. The zero-order chi connectivity index (χ0) is 14.2. The van der Waals surface area contributed by atoms with Gasteiger partial charge in [-0.25, -0.2) is 0 Å². The first-order valence-electron chi connectivity index (χ1n) is 6.45. The van der Waals surface area contributed by atoms with Gasteiger partial charge in [0.25, 0.3) is 0 Å². The summed E-state index contributed by atoms with van der Waals surface area (Å²) in [6, 6.07) is 7.55. The second kappa shape index (κ2) is 4.68. The second-order valence-corrected chi connectivity index (χ2v) is 5.56. The molecular formula is C15H19NO3. The second-order valence-electron chi connectivity index (χ2n) is 5.56. The van der Waals surface area contributed by atoms with Gasteiger partial charge < -0.3 is 10.0 Å². The van der Waals surface area contributed by atoms with Gasteiger partial charge in [-0.2, -0.15) is 0 Å². The Morgan fingerprint density at radius 3 is 2.47 bits per heavy atom. The number of benzene rings is 1. The normalized spacial score (nSPS) is 23.2. The van der Waals surface area contributed by atoms with Crippen molar-refractivity contribution in [3.8, 4) is 0 Å². The van der Waals surface area contributed by atoms with E-state index >= 15 is 0 Å². The van der Waals surface area contributed by atoms with Crippen LogP contribution in [0.25, 0.3) is 0 Å². The van der Waals surface area contributed by atoms with E-state index < -0.39 is 11.4 Å². The Morgan fingerprint density at radius 2 is 2.00 bits per heavy atom. The van der Waals surface area contributed by atoms with E-state index in [-0.39, 0.29) is 24.8 Å². The smallest absolute Gasteiger partial charge is 0.316 e. The van der Waals surface area contributed by atoms with Crippen molar-refractivity contribution in [1.82, 2.24) is 4.90 Å². The van der Waals surface area contributed by atoms with Crippen LogP contribution in [0.2, 0.25) is 0 Å². The van der Waals surface area contributed by atoms with Gasteiger partial charge in [0.05, 0.1) is 0 Å². The number of nitrogens with zero attached hydrogens (tertiary/aromatic N) is 1. The minimum atomic E-state index is -1.10. The molecule has 102 valence electrons. The molecule has 0 aromatic heterocycles. The first-order chi connectivity index (χ1) is 8.88. The van der Waals surface area contributed by atoms with Crippen LogP contribution >= 0.6 is 0 Å². The lowest BCUT2D eigenvalue weighted by Crippen LogP contribution is -2.39. The minimum Gasteiger partial charge on any atom is -0.481 e. The van der Waals surface area contributed by atoms with Crippen LogP contribution in [0.3, 0.4) is 0 Å². The predicted molar refractivity (Wildman–Crippen MR) is 72.1 cm³/mol. The molecule has 2 rings (SSSR count). The molecule has 1 aliphatic rings. The molecule has 0 saturated carbocycles. The monoisotopic (exact) mass is 261 g/mol. The molecule has 4 heteroatoms. The molecule has 1 unspecified atom stereocenters. The fraction of sp³-hybridized carbons (Fsp3) is 0.467. The first-order valence-corrected chi connectivity index (χ1v) is 6.45. The summed E-state index contributed by atoms with van der Waals surface area (Å²) < 4.78 is 0. The fourth-order valence-electron chi connectivity index (χ4n) is 2.82. The SMILES string of the molecule is CC(C)c1ccccc1C1(C(=O)O)CC(=O)N(C)C1. The van der Waals surface area contributed by atoms with Gasteiger partial charge in [0.15, 0.2) is 0 Å². The molecule has 0 radical (unpaired) electrons. The molecule has 19 heavy (non-hydrogen) atoms. The number of aliphatic carboxylic acids is 1. The molecule has 1 amide bonds. The van der Waals surface area contributed by atoms with Gasteiger partial charge in [-0.05, 0) is 17.0 Å². The zero-order valence-corrected chi connectivity index (χ0v) is 11.5. The molecule has 1 heterocycles. The number of carboxylic acid groups (broad SMARTS) is 1. The summed E-state index contributed by atoms with van der Waals surface area (Å²) in [5, 5.41) is 9.68. The van der Waals surface area contributed by atoms with Gasteiger partial charge in [-0.15, -0.1) is 0 Å². The van der Waals surface area contributed by atoms with Gasteiger partial charge in [-0.1, -0.05) is 38.1 Å². The van der Waals surface area contributed by atoms with Crippen molar-refractivity contribution in [3.05, 3.63) is 35.4 Å². The van der Waals surface area contributed by atoms with E-state index in [0.29, 0.717) is 0 Å². The third-order valence-corrected chi connectivity index (χ3v) is 3.89. The maximum atomic E-state index is 11.8. The Labute approximate surface area is 113 Å². The highest BCUT2D eigenvalue weighted by Crippen LogP contribution is 2.39. The molecule has 0 aliphatic carbocycles. The van der Waals surface area contributed by atoms with Gasteiger partial charge in [-0.3, -0.25) is 9.59 Å². The molecule has 0 spiro atoms. The van der Waals surface area contributed by atoms with Crippen molar-refractivity contribution in [2.75, 3.05) is 13.6 Å². The Morgan fingerprint density at radius 1 is 1.37 bits per heavy atom. The van der Waals surface area contributed by atoms with Crippen LogP contribution in [0.15, 0.2) is 24.3 Å². The third kappa shape index (κ3) is 2.11. The van der Waals surface area contributed by atoms with E-state index in [1.54, 1.807) is 7.05 Å². The summed E-state index contributed by atoms with van der Waals surface area (Å²) in [4.78, 5) is 25.1. The third-order valence-electron chi connectivity index (χ3n) is 3.89. The Balaban J connectivity index is 2.59. The summed E-state index contributed by atoms with van der Waals surface area (Å²) in [5.74, 6) is -0.798. The van der Waals surface area contributed by atoms with Crippen molar-refractivity contribution in [1.29, 1.82) is 0 Å². The molecule has 4 nitrogen and oxygen atoms in total. The number of carboxylic acids is 1. The molecule has 1 N–H and O–H groups in total. The highest BCUT2D eigenvalue weighted by atomic mass is 16.4. The van der Waals surface area contributed by atoms with E-state index in [4.69, 9.17) is 0 Å². The van der Waals surface area contributed by atoms with Crippen LogP contribution in [0.5, 0.6) is 0 Å². The summed E-state index contributed by atoms with van der Waals surface area (Å²) in [5.41, 5.74) is 0.676. The lowest BCUT2D eigenvalue weighted by molar-refractivity contribution is -0.143. The maximum Gasteiger partial charge on any atom is 0.316 e. The maximum absolute atomic E-state index is 11.8. The standard InChI is InChI=1S/C15H19NO3/c1-10(2)11-6-4-5-7-12(11)15(14(18)19)8-13(17)16(3)9-15/h4-7,10H,8-9H2,1-3H3,(H,18,19). The highest BCUT2D eigenvalue weighted by molar-refractivity contribution is 5.93. The average Bonchev–Trinajstić information content (AvgIpc) is 2.67. The number of rotatable bonds is 3. The van der Waals surface area contributed by atoms with Crippen LogP contribution in [0.1, 0.15) is 37.3 Å². The van der Waals surface area contributed by atoms with Gasteiger partial charge in [0.1, 0.15) is 5.41 Å². The molecule has 1 saturated heterocycles. The predicted octanol–water partition coefficient (Wildman–Crippen LogP) is 1.99. The molecule has 1 aliphatic heterocycles. The fourth-order valence-corrected chi connectivity index (χ4v) is 2.82. The van der Waals surface area contributed by atoms with Crippen LogP contribution in [-0.4, -0.2) is 35.5 Å². The first kappa shape index (κ1) is 13.6. The summed E-state index contributed by atoms with van der Waals surface area (Å²) in [6.45, 7) is 4.31. The van der Waals surface area contributed by atoms with Crippen molar-refractivity contribution in [3.63, 3.8) is 0 Å². The van der Waals surface area contributed by atoms with Crippen LogP contribution < -0.4 is 0 Å². The Bertz CT molecular complexity index is 524. The molecule has 0 bridgehead atoms. The molecule has 1 fully saturated rings. The molecular weight excluding hydrogens is 242 g/mol. The zero-order valence-electron chi connectivity index (χ0n) is 11.5. The summed E-state index contributed by atoms with van der Waals surface area (Å²) in [6.07, 6.45) is 0.0442. The molecule has 1 atom stereocenters. The summed E-state index contributed by atoms with van der Waals surface area (Å²) in [7, 11) is 1.66. The largest absolute Gasteiger partial charge is 0.481 e. The van der Waals surface area contributed by atoms with Crippen molar-refractivity contribution in [2.45, 2.75) is 31.6 Å². The average molecular weight is 261 g/mol. The minimum absolute atomic E-state index is 0.0442. The van der Waals surface area contributed by atoms with Crippen molar-refractivity contribution >= 4 is 11.9 Å². The van der Waals surface area contributed by atoms with Gasteiger partial charge in [0.2, 0.25) is 5.91 Å². The number of likely N-dealkylation sites (tertiary alicyclic amines) is 1. The van der Waals surface area contributed by atoms with E-state index in [1.807, 2.05) is 38.1 Å². The van der Waals surface area contributed by atoms with Crippen LogP contribution in [0.4, 0.5) is 0 Å². The number of hydrogen-bond donors (Lipinski definition) is 1. The van der Waals surface area contributed by atoms with Gasteiger partial charge >= 0.3 is 5.97 Å². The van der Waals surface area contributed by atoms with E-state index in [1.165, 1.54) is 4.90 Å². The van der Waals surface area contributed by atoms with Gasteiger partial charge in [0, 0.05) is 20.0 Å². The van der Waals surface area contributed by atoms with Crippen molar-refractivity contribution < 1.29 is 14.7 Å². The van der Waals surface area contributed by atoms with Crippen molar-refractivity contribution in [2.24, 2.45) is 0 Å². The number of likely N-dealkylation sites (N-methyl/N-ethyl adjacent to an activating group) is 1. The van der Waals surface area contributed by atoms with E-state index in [0.717, 1.165) is 11.1 Å². The highest BCUT2D eigenvalue weighted by Gasteiger charge is 2.50. The number of carbonyl (C=O) groups is 2.